The predicted molar refractivity (Wildman–Crippen MR) is 414 cm³/mol. The van der Waals surface area contributed by atoms with Crippen LogP contribution < -0.4 is 0 Å². The lowest BCUT2D eigenvalue weighted by atomic mass is 9.81. The van der Waals surface area contributed by atoms with Crippen LogP contribution in [0, 0.1) is 59.2 Å². The monoisotopic (exact) mass is 1580 g/mol. The number of piperidine rings is 2. The third kappa shape index (κ3) is 22.6. The molecule has 4 saturated heterocycles. The zero-order valence-corrected chi connectivity index (χ0v) is 69.6. The molecule has 0 radical (unpaired) electrons. The van der Waals surface area contributed by atoms with Gasteiger partial charge in [-0.25, -0.2) is 9.59 Å². The molecule has 1 unspecified atom stereocenters. The molecule has 0 aromatic rings. The highest BCUT2D eigenvalue weighted by Crippen LogP contribution is 2.43. The van der Waals surface area contributed by atoms with E-state index in [1.54, 1.807) is 41.5 Å². The molecule has 8 rings (SSSR count). The second kappa shape index (κ2) is 41.9. The van der Waals surface area contributed by atoms with Crippen molar-refractivity contribution in [1.82, 2.24) is 9.80 Å². The van der Waals surface area contributed by atoms with E-state index in [1.165, 1.54) is 42.7 Å². The number of ether oxygens (including phenoxy) is 10. The number of fused-ring (bicyclic) bond motifs is 6. The van der Waals surface area contributed by atoms with Gasteiger partial charge in [0.1, 0.15) is 48.1 Å². The van der Waals surface area contributed by atoms with Crippen molar-refractivity contribution in [1.29, 1.82) is 0 Å². The molecular formula is C86H136N2O24. The Morgan fingerprint density at radius 1 is 0.455 bits per heavy atom. The number of methoxy groups -OCH3 is 6. The standard InChI is InChI=1S/C86H136N2O24/c1-47-33-49(3)37-71(105-13)77-73(107-15)41-53(7)85(101,111-77)79(95)81(97)87-31-21-19-25-61(87)83(99)109-75(51(5)39-57-27-29-63(89)69(43-57)103-11)55(9)65(91)45-67(93)59(35-47)23-17-18-24-60-36-48(2)34-50(4)38-72(106-14)78-74(108-16)42-54(8)86(102,112-78)80(96)82(98)88-32-22-20-26-62(88)84(100)110-76(56(10)66(92)46-68(60)94)52(6)40-58-28-30-64(90)70(44-58)104-12/h35-36,39-40,49-50,53-66,69-78,89-92,101-102H,17-34,37-38,41-46H2,1-16H3/b47-35+,48-36+,51-39+,52-40+/t49-,50-,53+,54+,55+,56+,57-,58-,59+,60+,61-,62-,63+,64+,65-,66-,69+,70?,71-,72-,73-,74-,75+,76+,77+,78+,85+,86+/m0/s1. The molecule has 4 bridgehead atoms. The lowest BCUT2D eigenvalue weighted by molar-refractivity contribution is -0.302. The quantitative estimate of drug-likeness (QED) is 0.0386. The van der Waals surface area contributed by atoms with Crippen LogP contribution in [0.4, 0.5) is 0 Å². The Hall–Kier alpha value is -5.04. The summed E-state index contributed by atoms with van der Waals surface area (Å²) in [6.45, 7) is 18.1. The summed E-state index contributed by atoms with van der Waals surface area (Å²) in [4.78, 5) is 122. The molecule has 26 heteroatoms. The molecule has 2 amide bonds. The van der Waals surface area contributed by atoms with Gasteiger partial charge in [-0.1, -0.05) is 89.8 Å². The summed E-state index contributed by atoms with van der Waals surface area (Å²) in [6.07, 6.45) is 3.22. The van der Waals surface area contributed by atoms with Crippen LogP contribution in [-0.4, -0.2) is 252 Å². The van der Waals surface area contributed by atoms with Gasteiger partial charge in [-0.05, 0) is 191 Å². The van der Waals surface area contributed by atoms with Crippen LogP contribution in [0.15, 0.2) is 46.6 Å². The fraction of sp³-hybridized carbons (Fsp3) is 0.814. The Bertz CT molecular complexity index is 3110. The molecule has 6 heterocycles. The first-order chi connectivity index (χ1) is 53.1. The van der Waals surface area contributed by atoms with Crippen LogP contribution in [-0.2, 0) is 85.7 Å². The molecule has 0 aromatic carbocycles. The zero-order chi connectivity index (χ0) is 82.4. The summed E-state index contributed by atoms with van der Waals surface area (Å²) in [7, 11) is 9.07. The number of hydrogen-bond donors (Lipinski definition) is 6. The van der Waals surface area contributed by atoms with Gasteiger partial charge >= 0.3 is 11.9 Å². The molecule has 0 spiro atoms. The number of aliphatic hydroxyl groups excluding tert-OH is 4. The number of Topliss-reactive ketones (excluding diaryl/α,β-unsaturated/α-hetero) is 4. The number of carbonyl (C=O) groups excluding carboxylic acids is 8. The fourth-order valence-corrected chi connectivity index (χ4v) is 19.3. The van der Waals surface area contributed by atoms with E-state index >= 15 is 9.59 Å². The Kier molecular flexibility index (Phi) is 34.6. The fourth-order valence-electron chi connectivity index (χ4n) is 19.3. The Morgan fingerprint density at radius 2 is 0.795 bits per heavy atom. The maximum absolute atomic E-state index is 15.4. The second-order valence-corrected chi connectivity index (χ2v) is 34.8. The number of nitrogens with zero attached hydrogens (tertiary/aromatic N) is 2. The van der Waals surface area contributed by atoms with Gasteiger partial charge in [0, 0.05) is 104 Å². The van der Waals surface area contributed by atoms with Crippen molar-refractivity contribution in [2.75, 3.05) is 55.7 Å². The Morgan fingerprint density at radius 3 is 1.13 bits per heavy atom. The average molecular weight is 1580 g/mol. The van der Waals surface area contributed by atoms with E-state index in [-0.39, 0.29) is 99.7 Å². The summed E-state index contributed by atoms with van der Waals surface area (Å²) in [6, 6.07) is -2.52. The summed E-state index contributed by atoms with van der Waals surface area (Å²) >= 11 is 0. The molecule has 6 aliphatic heterocycles. The maximum atomic E-state index is 15.4. The molecule has 2 aliphatic carbocycles. The minimum absolute atomic E-state index is 0.00621. The van der Waals surface area contributed by atoms with Crippen LogP contribution in [0.5, 0.6) is 0 Å². The molecule has 2 saturated carbocycles. The maximum Gasteiger partial charge on any atom is 0.329 e. The van der Waals surface area contributed by atoms with Gasteiger partial charge in [-0.2, -0.15) is 0 Å². The van der Waals surface area contributed by atoms with E-state index in [4.69, 9.17) is 47.4 Å². The first kappa shape index (κ1) is 92.5. The number of hydrogen-bond acceptors (Lipinski definition) is 24. The van der Waals surface area contributed by atoms with Crippen LogP contribution >= 0.6 is 0 Å². The zero-order valence-electron chi connectivity index (χ0n) is 69.6. The highest BCUT2D eigenvalue weighted by atomic mass is 16.7. The minimum Gasteiger partial charge on any atom is -0.456 e. The molecule has 6 N–H and O–H groups in total. The number of esters is 2. The van der Waals surface area contributed by atoms with Gasteiger partial charge in [-0.15, -0.1) is 0 Å². The number of unbranched alkanes of at least 4 members (excludes halogenated alkanes) is 1. The third-order valence-electron chi connectivity index (χ3n) is 26.2. The topological polar surface area (TPSA) is 357 Å². The minimum atomic E-state index is -2.63. The van der Waals surface area contributed by atoms with Crippen molar-refractivity contribution in [3.05, 3.63) is 46.6 Å². The van der Waals surface area contributed by atoms with Gasteiger partial charge in [-0.3, -0.25) is 28.8 Å². The number of carbonyl (C=O) groups is 8. The first-order valence-corrected chi connectivity index (χ1v) is 41.6. The van der Waals surface area contributed by atoms with Crippen LogP contribution in [0.3, 0.4) is 0 Å². The highest BCUT2D eigenvalue weighted by Gasteiger charge is 2.59. The third-order valence-corrected chi connectivity index (χ3v) is 26.2. The number of aliphatic hydroxyl groups is 6. The number of rotatable bonds is 15. The van der Waals surface area contributed by atoms with Gasteiger partial charge in [0.25, 0.3) is 23.4 Å². The molecule has 6 fully saturated rings. The lowest BCUT2D eigenvalue weighted by Crippen LogP contribution is -2.64. The van der Waals surface area contributed by atoms with Crippen LogP contribution in [0.1, 0.15) is 223 Å². The van der Waals surface area contributed by atoms with Gasteiger partial charge < -0.3 is 87.8 Å². The van der Waals surface area contributed by atoms with Crippen LogP contribution in [0.2, 0.25) is 0 Å². The van der Waals surface area contributed by atoms with Crippen LogP contribution in [0.25, 0.3) is 0 Å². The summed E-state index contributed by atoms with van der Waals surface area (Å²) < 4.78 is 61.3. The number of amides is 2. The SMILES string of the molecule is COC1C[C@H](/C=C(\C)[C@H]2OC(=O)[C@@H]3CCCCN3C(=O)C(=O)[C@]3(O)O[C@H]([C@@H](OC)C[C@@H](C)C/C(C)=C/[C@@H](CCCC[C@@H]4/C=C(\C)C[C@H](C)C[C@H](OC)[C@H]5O[C@@](O)(C(=O)C(=O)N6CCCC[C@H]6C(=O)O[C@H](/C(C)=C/[C@@H]6CC[C@@H](O)[C@H](OC)C6)[C@H](C)[C@@H](O)CC4=O)[C@H](C)C[C@@H]5OC)C(=O)C[C@H](O)[C@H]2C)[C@@H](OC)C[C@H]3C)CC[C@H]1O. The summed E-state index contributed by atoms with van der Waals surface area (Å²) in [5, 5.41) is 71.5. The average Bonchev–Trinajstić information content (AvgIpc) is 0.782. The molecule has 0 aromatic heterocycles. The van der Waals surface area contributed by atoms with Crippen molar-refractivity contribution in [2.45, 2.75) is 332 Å². The largest absolute Gasteiger partial charge is 0.456 e. The molecule has 8 aliphatic rings. The summed E-state index contributed by atoms with van der Waals surface area (Å²) in [5.41, 5.74) is 2.82. The van der Waals surface area contributed by atoms with E-state index in [1.807, 2.05) is 52.0 Å². The highest BCUT2D eigenvalue weighted by molar-refractivity contribution is 6.39. The number of allylic oxidation sites excluding steroid dienone is 6. The van der Waals surface area contributed by atoms with E-state index in [9.17, 15) is 59.4 Å². The second-order valence-electron chi connectivity index (χ2n) is 34.8. The van der Waals surface area contributed by atoms with Gasteiger partial charge in [0.2, 0.25) is 11.6 Å². The van der Waals surface area contributed by atoms with Crippen molar-refractivity contribution in [3.63, 3.8) is 0 Å². The van der Waals surface area contributed by atoms with E-state index in [0.29, 0.717) is 114 Å². The van der Waals surface area contributed by atoms with Gasteiger partial charge in [0.15, 0.2) is 0 Å². The van der Waals surface area contributed by atoms with E-state index in [2.05, 4.69) is 0 Å². The normalized spacial score (nSPS) is 41.7. The molecule has 112 heavy (non-hydrogen) atoms. The lowest BCUT2D eigenvalue weighted by Gasteiger charge is -2.47. The molecule has 26 nitrogen and oxygen atoms in total. The Balaban J connectivity index is 1.13. The van der Waals surface area contributed by atoms with E-state index in [0.717, 1.165) is 20.9 Å². The van der Waals surface area contributed by atoms with Crippen molar-refractivity contribution in [2.24, 2.45) is 59.2 Å². The van der Waals surface area contributed by atoms with Crippen molar-refractivity contribution >= 4 is 46.9 Å². The number of ketones is 4. The molecule has 634 valence electrons. The molecular weight excluding hydrogens is 1440 g/mol. The van der Waals surface area contributed by atoms with Crippen molar-refractivity contribution in [3.8, 4) is 0 Å². The predicted octanol–water partition coefficient (Wildman–Crippen LogP) is 8.70. The van der Waals surface area contributed by atoms with Crippen molar-refractivity contribution < 1.29 is 116 Å². The van der Waals surface area contributed by atoms with Gasteiger partial charge in [0.05, 0.1) is 61.0 Å². The van der Waals surface area contributed by atoms with E-state index < -0.39 is 180 Å². The Labute approximate surface area is 664 Å². The summed E-state index contributed by atoms with van der Waals surface area (Å²) in [5.74, 6) is -18.0. The molecule has 28 atom stereocenters. The smallest absolute Gasteiger partial charge is 0.329 e. The first-order valence-electron chi connectivity index (χ1n) is 41.6. The number of cyclic esters (lactones) is 2.